The monoisotopic (exact) mass is 426 g/mol. The van der Waals surface area contributed by atoms with Crippen LogP contribution in [0, 0.1) is 12.7 Å². The molecule has 1 heterocycles. The van der Waals surface area contributed by atoms with Crippen molar-refractivity contribution in [3.63, 3.8) is 0 Å². The van der Waals surface area contributed by atoms with Gasteiger partial charge in [-0.2, -0.15) is 5.10 Å². The third-order valence-corrected chi connectivity index (χ3v) is 4.79. The SMILES string of the molecule is CNC(=O)c1ccc(CNC(=O)/C=C/c2c(C)nn(-c3ccc(F)cc3)c2Cl)cc1. The molecule has 0 saturated heterocycles. The van der Waals surface area contributed by atoms with E-state index in [0.717, 1.165) is 5.56 Å². The van der Waals surface area contributed by atoms with E-state index in [1.807, 2.05) is 0 Å². The summed E-state index contributed by atoms with van der Waals surface area (Å²) >= 11 is 6.40. The highest BCUT2D eigenvalue weighted by Gasteiger charge is 2.13. The lowest BCUT2D eigenvalue weighted by Gasteiger charge is -2.04. The van der Waals surface area contributed by atoms with Crippen LogP contribution in [0.4, 0.5) is 4.39 Å². The summed E-state index contributed by atoms with van der Waals surface area (Å²) in [4.78, 5) is 23.7. The second-order valence-electron chi connectivity index (χ2n) is 6.51. The van der Waals surface area contributed by atoms with Crippen molar-refractivity contribution in [2.24, 2.45) is 0 Å². The van der Waals surface area contributed by atoms with Crippen molar-refractivity contribution in [2.75, 3.05) is 7.05 Å². The van der Waals surface area contributed by atoms with Gasteiger partial charge in [0.15, 0.2) is 0 Å². The van der Waals surface area contributed by atoms with Gasteiger partial charge < -0.3 is 10.6 Å². The average Bonchev–Trinajstić information content (AvgIpc) is 3.04. The number of aromatic nitrogens is 2. The van der Waals surface area contributed by atoms with Gasteiger partial charge in [0.25, 0.3) is 5.91 Å². The number of hydrogen-bond donors (Lipinski definition) is 2. The Balaban J connectivity index is 1.65. The van der Waals surface area contributed by atoms with Gasteiger partial charge >= 0.3 is 0 Å². The van der Waals surface area contributed by atoms with E-state index < -0.39 is 0 Å². The van der Waals surface area contributed by atoms with Crippen LogP contribution in [0.25, 0.3) is 11.8 Å². The Morgan fingerprint density at radius 2 is 1.80 bits per heavy atom. The van der Waals surface area contributed by atoms with E-state index in [9.17, 15) is 14.0 Å². The Kier molecular flexibility index (Phi) is 6.64. The van der Waals surface area contributed by atoms with Crippen molar-refractivity contribution in [3.05, 3.63) is 88.0 Å². The molecule has 3 rings (SSSR count). The predicted octanol–water partition coefficient (Wildman–Crippen LogP) is 3.66. The topological polar surface area (TPSA) is 76.0 Å². The van der Waals surface area contributed by atoms with E-state index in [-0.39, 0.29) is 17.6 Å². The highest BCUT2D eigenvalue weighted by Crippen LogP contribution is 2.24. The Morgan fingerprint density at radius 3 is 2.43 bits per heavy atom. The van der Waals surface area contributed by atoms with Crippen molar-refractivity contribution in [3.8, 4) is 5.69 Å². The van der Waals surface area contributed by atoms with E-state index in [0.29, 0.717) is 34.2 Å². The number of rotatable bonds is 6. The molecular formula is C22H20ClFN4O2. The fourth-order valence-corrected chi connectivity index (χ4v) is 3.11. The lowest BCUT2D eigenvalue weighted by atomic mass is 10.1. The number of carbonyl (C=O) groups is 2. The summed E-state index contributed by atoms with van der Waals surface area (Å²) in [6.07, 6.45) is 2.97. The number of hydrogen-bond acceptors (Lipinski definition) is 3. The summed E-state index contributed by atoms with van der Waals surface area (Å²) in [5.74, 6) is -0.809. The first-order valence-electron chi connectivity index (χ1n) is 9.17. The molecule has 2 N–H and O–H groups in total. The molecule has 2 aromatic carbocycles. The van der Waals surface area contributed by atoms with Crippen molar-refractivity contribution in [2.45, 2.75) is 13.5 Å². The number of benzene rings is 2. The van der Waals surface area contributed by atoms with Gasteiger partial charge in [0, 0.05) is 30.8 Å². The Labute approximate surface area is 178 Å². The molecule has 6 nitrogen and oxygen atoms in total. The largest absolute Gasteiger partial charge is 0.355 e. The van der Waals surface area contributed by atoms with Crippen LogP contribution in [-0.4, -0.2) is 28.6 Å². The smallest absolute Gasteiger partial charge is 0.251 e. The maximum absolute atomic E-state index is 13.1. The first-order valence-corrected chi connectivity index (χ1v) is 9.55. The quantitative estimate of drug-likeness (QED) is 0.590. The molecule has 154 valence electrons. The minimum absolute atomic E-state index is 0.165. The molecule has 0 unspecified atom stereocenters. The number of aryl methyl sites for hydroxylation is 1. The van der Waals surface area contributed by atoms with E-state index in [1.54, 1.807) is 56.4 Å². The first-order chi connectivity index (χ1) is 14.4. The van der Waals surface area contributed by atoms with Gasteiger partial charge in [0.2, 0.25) is 5.91 Å². The summed E-state index contributed by atoms with van der Waals surface area (Å²) in [5, 5.41) is 10.0. The third-order valence-electron chi connectivity index (χ3n) is 4.43. The number of carbonyl (C=O) groups excluding carboxylic acids is 2. The lowest BCUT2D eigenvalue weighted by molar-refractivity contribution is -0.116. The molecule has 2 amide bonds. The molecule has 1 aromatic heterocycles. The van der Waals surface area contributed by atoms with Gasteiger partial charge in [0.05, 0.1) is 11.4 Å². The van der Waals surface area contributed by atoms with Crippen LogP contribution in [0.5, 0.6) is 0 Å². The van der Waals surface area contributed by atoms with Crippen LogP contribution >= 0.6 is 11.6 Å². The number of nitrogens with one attached hydrogen (secondary N) is 2. The fourth-order valence-electron chi connectivity index (χ4n) is 2.78. The van der Waals surface area contributed by atoms with Crippen LogP contribution in [0.1, 0.15) is 27.2 Å². The fraction of sp³-hybridized carbons (Fsp3) is 0.136. The van der Waals surface area contributed by atoms with Crippen LogP contribution in [0.2, 0.25) is 5.15 Å². The number of halogens is 2. The van der Waals surface area contributed by atoms with E-state index in [2.05, 4.69) is 15.7 Å². The highest BCUT2D eigenvalue weighted by molar-refractivity contribution is 6.31. The number of amides is 2. The third kappa shape index (κ3) is 4.93. The summed E-state index contributed by atoms with van der Waals surface area (Å²) in [7, 11) is 1.57. The molecule has 0 fully saturated rings. The van der Waals surface area contributed by atoms with Crippen LogP contribution in [0.3, 0.4) is 0 Å². The van der Waals surface area contributed by atoms with E-state index in [1.165, 1.54) is 22.9 Å². The molecule has 0 radical (unpaired) electrons. The minimum atomic E-state index is -0.348. The summed E-state index contributed by atoms with van der Waals surface area (Å²) in [5.41, 5.74) is 3.27. The first kappa shape index (κ1) is 21.3. The summed E-state index contributed by atoms with van der Waals surface area (Å²) in [6, 6.07) is 12.8. The molecule has 8 heteroatoms. The molecule has 0 bridgehead atoms. The predicted molar refractivity (Wildman–Crippen MR) is 114 cm³/mol. The zero-order chi connectivity index (χ0) is 21.7. The van der Waals surface area contributed by atoms with Gasteiger partial charge in [-0.15, -0.1) is 0 Å². The maximum atomic E-state index is 13.1. The van der Waals surface area contributed by atoms with Crippen molar-refractivity contribution >= 4 is 29.5 Å². The van der Waals surface area contributed by atoms with Crippen LogP contribution in [-0.2, 0) is 11.3 Å². The second-order valence-corrected chi connectivity index (χ2v) is 6.86. The van der Waals surface area contributed by atoms with Crippen LogP contribution in [0.15, 0.2) is 54.6 Å². The summed E-state index contributed by atoms with van der Waals surface area (Å²) in [6.45, 7) is 2.09. The minimum Gasteiger partial charge on any atom is -0.355 e. The van der Waals surface area contributed by atoms with Gasteiger partial charge in [-0.05, 0) is 55.0 Å². The molecule has 0 aliphatic rings. The zero-order valence-corrected chi connectivity index (χ0v) is 17.2. The molecular weight excluding hydrogens is 407 g/mol. The van der Waals surface area contributed by atoms with Gasteiger partial charge in [-0.3, -0.25) is 9.59 Å². The van der Waals surface area contributed by atoms with Gasteiger partial charge in [-0.25, -0.2) is 9.07 Å². The molecule has 0 aliphatic heterocycles. The van der Waals surface area contributed by atoms with Crippen molar-refractivity contribution in [1.29, 1.82) is 0 Å². The molecule has 3 aromatic rings. The van der Waals surface area contributed by atoms with E-state index >= 15 is 0 Å². The lowest BCUT2D eigenvalue weighted by Crippen LogP contribution is -2.20. The molecule has 0 aliphatic carbocycles. The summed E-state index contributed by atoms with van der Waals surface area (Å²) < 4.78 is 14.6. The molecule has 30 heavy (non-hydrogen) atoms. The van der Waals surface area contributed by atoms with Gasteiger partial charge in [-0.1, -0.05) is 23.7 Å². The number of nitrogens with zero attached hydrogens (tertiary/aromatic N) is 2. The Bertz CT molecular complexity index is 1090. The van der Waals surface area contributed by atoms with Gasteiger partial charge in [0.1, 0.15) is 11.0 Å². The van der Waals surface area contributed by atoms with Crippen LogP contribution < -0.4 is 10.6 Å². The molecule has 0 spiro atoms. The molecule has 0 saturated carbocycles. The normalized spacial score (nSPS) is 10.9. The zero-order valence-electron chi connectivity index (χ0n) is 16.4. The second kappa shape index (κ2) is 9.37. The Hall–Kier alpha value is -3.45. The highest BCUT2D eigenvalue weighted by atomic mass is 35.5. The molecule has 0 atom stereocenters. The van der Waals surface area contributed by atoms with Crippen molar-refractivity contribution in [1.82, 2.24) is 20.4 Å². The average molecular weight is 427 g/mol. The maximum Gasteiger partial charge on any atom is 0.251 e. The Morgan fingerprint density at radius 1 is 1.13 bits per heavy atom. The van der Waals surface area contributed by atoms with E-state index in [4.69, 9.17) is 11.6 Å². The standard InChI is InChI=1S/C22H20ClFN4O2/c1-14-19(21(23)28(27-14)18-9-7-17(24)8-10-18)11-12-20(29)26-13-15-3-5-16(6-4-15)22(30)25-2/h3-12H,13H2,1-2H3,(H,25,30)(H,26,29)/b12-11+. The van der Waals surface area contributed by atoms with Crippen molar-refractivity contribution < 1.29 is 14.0 Å².